The summed E-state index contributed by atoms with van der Waals surface area (Å²) in [5, 5.41) is 2.73. The van der Waals surface area contributed by atoms with Gasteiger partial charge in [-0.05, 0) is 36.4 Å². The van der Waals surface area contributed by atoms with Crippen LogP contribution in [0, 0.1) is 11.7 Å². The molecule has 3 aromatic rings. The smallest absolute Gasteiger partial charge is 0.339 e. The van der Waals surface area contributed by atoms with E-state index in [1.54, 1.807) is 12.1 Å². The Labute approximate surface area is 197 Å². The van der Waals surface area contributed by atoms with Crippen LogP contribution in [-0.4, -0.2) is 23.4 Å². The Bertz CT molecular complexity index is 1310. The molecule has 0 spiro atoms. The molecule has 1 aliphatic heterocycles. The van der Waals surface area contributed by atoms with E-state index in [4.69, 9.17) is 27.9 Å². The maximum absolute atomic E-state index is 14.4. The Kier molecular flexibility index (Phi) is 6.26. The van der Waals surface area contributed by atoms with Gasteiger partial charge in [0.15, 0.2) is 5.78 Å². The minimum absolute atomic E-state index is 0.138. The van der Waals surface area contributed by atoms with Gasteiger partial charge in [-0.2, -0.15) is 0 Å². The number of amides is 1. The predicted molar refractivity (Wildman–Crippen MR) is 119 cm³/mol. The van der Waals surface area contributed by atoms with Gasteiger partial charge in [-0.15, -0.1) is 0 Å². The molecule has 2 atom stereocenters. The predicted octanol–water partition coefficient (Wildman–Crippen LogP) is 5.05. The summed E-state index contributed by atoms with van der Waals surface area (Å²) >= 11 is 11.8. The van der Waals surface area contributed by atoms with Gasteiger partial charge >= 0.3 is 5.97 Å². The fraction of sp³-hybridized carbons (Fsp3) is 0.0833. The van der Waals surface area contributed by atoms with E-state index < -0.39 is 46.8 Å². The number of ether oxygens (including phenoxy) is 1. The molecular formula is C24H14Cl2FNO5. The van der Waals surface area contributed by atoms with Crippen molar-refractivity contribution in [1.29, 1.82) is 0 Å². The van der Waals surface area contributed by atoms with Gasteiger partial charge in [0.1, 0.15) is 17.8 Å². The summed E-state index contributed by atoms with van der Waals surface area (Å²) < 4.78 is 19.7. The number of rotatable bonds is 6. The van der Waals surface area contributed by atoms with Crippen LogP contribution in [0.5, 0.6) is 0 Å². The number of carbonyl (C=O) groups is 4. The Morgan fingerprint density at radius 3 is 2.36 bits per heavy atom. The van der Waals surface area contributed by atoms with Crippen LogP contribution >= 0.6 is 23.2 Å². The van der Waals surface area contributed by atoms with Crippen molar-refractivity contribution in [1.82, 2.24) is 0 Å². The lowest BCUT2D eigenvalue weighted by Crippen LogP contribution is -2.38. The van der Waals surface area contributed by atoms with Crippen LogP contribution in [0.3, 0.4) is 0 Å². The van der Waals surface area contributed by atoms with Crippen LogP contribution < -0.4 is 5.32 Å². The minimum atomic E-state index is -1.81. The van der Waals surface area contributed by atoms with Crippen molar-refractivity contribution >= 4 is 52.3 Å². The average Bonchev–Trinajstić information content (AvgIpc) is 3.13. The number of carbonyl (C=O) groups excluding carboxylic acids is 4. The summed E-state index contributed by atoms with van der Waals surface area (Å²) in [7, 11) is 0. The first-order valence-corrected chi connectivity index (χ1v) is 10.4. The molecule has 6 nitrogen and oxygen atoms in total. The van der Waals surface area contributed by atoms with E-state index in [9.17, 15) is 23.6 Å². The maximum Gasteiger partial charge on any atom is 0.339 e. The highest BCUT2D eigenvalue weighted by Crippen LogP contribution is 2.38. The van der Waals surface area contributed by atoms with E-state index in [-0.39, 0.29) is 26.9 Å². The van der Waals surface area contributed by atoms with Crippen molar-refractivity contribution in [2.45, 2.75) is 6.10 Å². The highest BCUT2D eigenvalue weighted by atomic mass is 35.5. The summed E-state index contributed by atoms with van der Waals surface area (Å²) in [5.74, 6) is -6.79. The minimum Gasteiger partial charge on any atom is -0.453 e. The van der Waals surface area contributed by atoms with Gasteiger partial charge in [0.25, 0.3) is 5.91 Å². The van der Waals surface area contributed by atoms with Crippen LogP contribution in [0.1, 0.15) is 32.4 Å². The van der Waals surface area contributed by atoms with Crippen LogP contribution in [0.25, 0.3) is 0 Å². The number of hydrogen-bond acceptors (Lipinski definition) is 5. The van der Waals surface area contributed by atoms with Crippen LogP contribution in [0.15, 0.2) is 66.7 Å². The fourth-order valence-corrected chi connectivity index (χ4v) is 3.85. The molecule has 1 heterocycles. The van der Waals surface area contributed by atoms with Crippen molar-refractivity contribution in [2.75, 3.05) is 5.32 Å². The van der Waals surface area contributed by atoms with Crippen LogP contribution in [-0.2, 0) is 14.3 Å². The SMILES string of the molecule is O=C(Nc1ccc(Cl)c(Cl)c1)C(=O)[C@@H](C(=O)c1ccccc1F)[C@@H]1OC(=O)c2ccccc21. The van der Waals surface area contributed by atoms with Crippen molar-refractivity contribution in [3.8, 4) is 0 Å². The second kappa shape index (κ2) is 9.13. The standard InChI is InChI=1S/C24H14Cl2FNO5/c25-16-10-9-12(11-17(16)26)28-23(31)21(30)19(20(29)15-7-3-4-8-18(15)27)22-13-5-1-2-6-14(13)24(32)33-22/h1-11,19,22H,(H,28,31)/t19-,22-/m1/s1. The number of fused-ring (bicyclic) bond motifs is 1. The molecule has 0 saturated heterocycles. The molecular weight excluding hydrogens is 472 g/mol. The molecule has 4 rings (SSSR count). The molecule has 0 fully saturated rings. The molecule has 3 aromatic carbocycles. The van der Waals surface area contributed by atoms with Crippen LogP contribution in [0.2, 0.25) is 10.0 Å². The second-order valence-electron chi connectivity index (χ2n) is 7.18. The molecule has 1 N–H and O–H groups in total. The van der Waals surface area contributed by atoms with Gasteiger partial charge in [-0.25, -0.2) is 9.18 Å². The molecule has 0 unspecified atom stereocenters. The molecule has 0 aliphatic carbocycles. The Morgan fingerprint density at radius 2 is 1.64 bits per heavy atom. The zero-order valence-electron chi connectivity index (χ0n) is 16.7. The summed E-state index contributed by atoms with van der Waals surface area (Å²) in [4.78, 5) is 51.6. The molecule has 33 heavy (non-hydrogen) atoms. The lowest BCUT2D eigenvalue weighted by Gasteiger charge is -2.21. The van der Waals surface area contributed by atoms with Crippen molar-refractivity contribution in [3.05, 3.63) is 99.3 Å². The lowest BCUT2D eigenvalue weighted by atomic mass is 9.84. The third-order valence-electron chi connectivity index (χ3n) is 5.13. The van der Waals surface area contributed by atoms with Gasteiger partial charge in [-0.1, -0.05) is 53.5 Å². The zero-order chi connectivity index (χ0) is 23.7. The fourth-order valence-electron chi connectivity index (χ4n) is 3.55. The van der Waals surface area contributed by atoms with Crippen molar-refractivity contribution in [3.63, 3.8) is 0 Å². The molecule has 166 valence electrons. The summed E-state index contributed by atoms with van der Waals surface area (Å²) in [6, 6.07) is 15.4. The summed E-state index contributed by atoms with van der Waals surface area (Å²) in [6.45, 7) is 0. The lowest BCUT2D eigenvalue weighted by molar-refractivity contribution is -0.138. The first-order chi connectivity index (χ1) is 15.8. The van der Waals surface area contributed by atoms with Crippen molar-refractivity contribution < 1.29 is 28.3 Å². The third kappa shape index (κ3) is 4.37. The molecule has 0 radical (unpaired) electrons. The summed E-state index contributed by atoms with van der Waals surface area (Å²) in [6.07, 6.45) is -1.40. The van der Waals surface area contributed by atoms with Gasteiger partial charge in [0, 0.05) is 11.3 Å². The quantitative estimate of drug-likeness (QED) is 0.228. The van der Waals surface area contributed by atoms with E-state index in [2.05, 4.69) is 5.32 Å². The number of hydrogen-bond donors (Lipinski definition) is 1. The van der Waals surface area contributed by atoms with Gasteiger partial charge in [0.05, 0.1) is 21.2 Å². The first-order valence-electron chi connectivity index (χ1n) is 9.67. The number of nitrogens with one attached hydrogen (secondary N) is 1. The first kappa shape index (κ1) is 22.6. The van der Waals surface area contributed by atoms with Gasteiger partial charge in [-0.3, -0.25) is 14.4 Å². The average molecular weight is 486 g/mol. The highest BCUT2D eigenvalue weighted by molar-refractivity contribution is 6.46. The number of anilines is 1. The largest absolute Gasteiger partial charge is 0.453 e. The van der Waals surface area contributed by atoms with Gasteiger partial charge < -0.3 is 10.1 Å². The molecule has 0 aromatic heterocycles. The molecule has 9 heteroatoms. The number of cyclic esters (lactones) is 1. The van der Waals surface area contributed by atoms with Crippen molar-refractivity contribution in [2.24, 2.45) is 5.92 Å². The third-order valence-corrected chi connectivity index (χ3v) is 5.87. The van der Waals surface area contributed by atoms with E-state index in [1.165, 1.54) is 48.5 Å². The van der Waals surface area contributed by atoms with Gasteiger partial charge in [0.2, 0.25) is 5.78 Å². The number of halogens is 3. The topological polar surface area (TPSA) is 89.5 Å². The molecule has 1 aliphatic rings. The number of ketones is 2. The Balaban J connectivity index is 1.72. The number of Topliss-reactive ketones (excluding diaryl/α,β-unsaturated/α-hetero) is 2. The monoisotopic (exact) mass is 485 g/mol. The Hall–Kier alpha value is -3.55. The second-order valence-corrected chi connectivity index (χ2v) is 8.00. The maximum atomic E-state index is 14.4. The number of benzene rings is 3. The molecule has 0 saturated carbocycles. The van der Waals surface area contributed by atoms with Crippen LogP contribution in [0.4, 0.5) is 10.1 Å². The van der Waals surface area contributed by atoms with E-state index in [0.717, 1.165) is 6.07 Å². The Morgan fingerprint density at radius 1 is 0.939 bits per heavy atom. The normalized spacial score (nSPS) is 15.4. The highest BCUT2D eigenvalue weighted by Gasteiger charge is 2.46. The van der Waals surface area contributed by atoms with E-state index in [1.807, 2.05) is 0 Å². The van der Waals surface area contributed by atoms with E-state index >= 15 is 0 Å². The summed E-state index contributed by atoms with van der Waals surface area (Å²) in [5.41, 5.74) is 0.168. The van der Waals surface area contributed by atoms with E-state index in [0.29, 0.717) is 0 Å². The zero-order valence-corrected chi connectivity index (χ0v) is 18.2. The molecule has 0 bridgehead atoms. The number of esters is 1. The molecule has 1 amide bonds.